The molecule has 2 heteroatoms. The summed E-state index contributed by atoms with van der Waals surface area (Å²) < 4.78 is 11.9. The van der Waals surface area contributed by atoms with E-state index >= 15 is 0 Å². The molecule has 11 unspecified atom stereocenters. The Balaban J connectivity index is 0.000000148. The van der Waals surface area contributed by atoms with Crippen molar-refractivity contribution in [3.8, 4) is 0 Å². The van der Waals surface area contributed by atoms with Crippen molar-refractivity contribution >= 4 is 6.08 Å². The minimum absolute atomic E-state index is 0.435. The summed E-state index contributed by atoms with van der Waals surface area (Å²) in [5.41, 5.74) is 2.67. The molecule has 4 bridgehead atoms. The van der Waals surface area contributed by atoms with Gasteiger partial charge >= 0.3 is 0 Å². The van der Waals surface area contributed by atoms with Crippen molar-refractivity contribution in [2.24, 2.45) is 35.5 Å². The van der Waals surface area contributed by atoms with Crippen LogP contribution >= 0.6 is 0 Å². The fourth-order valence-corrected chi connectivity index (χ4v) is 6.89. The van der Waals surface area contributed by atoms with Crippen LogP contribution < -0.4 is 0 Å². The maximum absolute atomic E-state index is 6.33. The molecule has 2 aromatic carbocycles. The third kappa shape index (κ3) is 5.41. The van der Waals surface area contributed by atoms with E-state index in [1.165, 1.54) is 17.5 Å². The van der Waals surface area contributed by atoms with Gasteiger partial charge in [0.05, 0.1) is 24.4 Å². The number of hydrogen-bond donors (Lipinski definition) is 0. The van der Waals surface area contributed by atoms with Gasteiger partial charge in [-0.1, -0.05) is 127 Å². The van der Waals surface area contributed by atoms with Crippen molar-refractivity contribution in [3.63, 3.8) is 0 Å². The maximum atomic E-state index is 6.33. The van der Waals surface area contributed by atoms with Gasteiger partial charge in [-0.2, -0.15) is 0 Å². The SMILES string of the molecule is C=Cc1ccccc1.CC1C2C=CC(O2)C1C.CCC(c1ccccc1)C1C(C)C2OC1C(C)C2C. The van der Waals surface area contributed by atoms with Gasteiger partial charge in [0, 0.05) is 0 Å². The van der Waals surface area contributed by atoms with E-state index < -0.39 is 0 Å². The number of ether oxygens (including phenoxy) is 2. The van der Waals surface area contributed by atoms with E-state index in [-0.39, 0.29) is 0 Å². The summed E-state index contributed by atoms with van der Waals surface area (Å²) in [5, 5.41) is 0. The Morgan fingerprint density at radius 2 is 1.22 bits per heavy atom. The van der Waals surface area contributed by atoms with E-state index in [1.807, 2.05) is 36.4 Å². The summed E-state index contributed by atoms with van der Waals surface area (Å²) in [4.78, 5) is 0. The van der Waals surface area contributed by atoms with Gasteiger partial charge in [0.2, 0.25) is 0 Å². The molecule has 2 aromatic rings. The molecule has 3 saturated heterocycles. The summed E-state index contributed by atoms with van der Waals surface area (Å²) >= 11 is 0. The van der Waals surface area contributed by atoms with Gasteiger partial charge in [-0.15, -0.1) is 0 Å². The Hall–Kier alpha value is -2.16. The van der Waals surface area contributed by atoms with Crippen molar-refractivity contribution in [1.82, 2.24) is 0 Å². The molecule has 0 aromatic heterocycles. The Kier molecular flexibility index (Phi) is 8.91. The maximum Gasteiger partial charge on any atom is 0.0794 e. The van der Waals surface area contributed by atoms with E-state index in [0.29, 0.717) is 48.1 Å². The van der Waals surface area contributed by atoms with Crippen LogP contribution in [0.15, 0.2) is 79.4 Å². The van der Waals surface area contributed by atoms with Gasteiger partial charge < -0.3 is 9.47 Å². The quantitative estimate of drug-likeness (QED) is 0.404. The topological polar surface area (TPSA) is 18.5 Å². The zero-order valence-corrected chi connectivity index (χ0v) is 23.1. The predicted octanol–water partition coefficient (Wildman–Crippen LogP) is 8.41. The largest absolute Gasteiger partial charge is 0.374 e. The fourth-order valence-electron chi connectivity index (χ4n) is 6.89. The average Bonchev–Trinajstić information content (AvgIpc) is 3.66. The molecule has 4 heterocycles. The molecular weight excluding hydrogens is 440 g/mol. The number of rotatable bonds is 4. The highest BCUT2D eigenvalue weighted by molar-refractivity contribution is 5.45. The van der Waals surface area contributed by atoms with Crippen molar-refractivity contribution in [2.45, 2.75) is 78.3 Å². The number of fused-ring (bicyclic) bond motifs is 4. The first-order valence-corrected chi connectivity index (χ1v) is 14.1. The van der Waals surface area contributed by atoms with E-state index in [9.17, 15) is 0 Å². The molecule has 0 saturated carbocycles. The minimum atomic E-state index is 0.435. The first-order chi connectivity index (χ1) is 17.4. The summed E-state index contributed by atoms with van der Waals surface area (Å²) in [6.45, 7) is 17.6. The van der Waals surface area contributed by atoms with E-state index in [0.717, 1.165) is 17.8 Å². The number of hydrogen-bond acceptors (Lipinski definition) is 2. The van der Waals surface area contributed by atoms with Gasteiger partial charge in [0.25, 0.3) is 0 Å². The van der Waals surface area contributed by atoms with Crippen molar-refractivity contribution in [3.05, 3.63) is 90.5 Å². The molecule has 4 aliphatic heterocycles. The molecule has 11 atom stereocenters. The van der Waals surface area contributed by atoms with Crippen LogP contribution in [0.1, 0.15) is 65.0 Å². The van der Waals surface area contributed by atoms with Crippen LogP contribution in [0.25, 0.3) is 6.08 Å². The lowest BCUT2D eigenvalue weighted by atomic mass is 9.64. The van der Waals surface area contributed by atoms with Crippen molar-refractivity contribution in [1.29, 1.82) is 0 Å². The third-order valence-corrected chi connectivity index (χ3v) is 9.52. The first-order valence-electron chi connectivity index (χ1n) is 14.1. The minimum Gasteiger partial charge on any atom is -0.374 e. The van der Waals surface area contributed by atoms with E-state index in [2.05, 4.69) is 90.6 Å². The normalized spacial score (nSPS) is 38.1. The van der Waals surface area contributed by atoms with E-state index in [1.54, 1.807) is 0 Å². The second-order valence-corrected chi connectivity index (χ2v) is 11.4. The second kappa shape index (κ2) is 11.9. The number of benzene rings is 2. The second-order valence-electron chi connectivity index (χ2n) is 11.4. The summed E-state index contributed by atoms with van der Waals surface area (Å²) in [6.07, 6.45) is 9.26. The first kappa shape index (κ1) is 26.9. The summed E-state index contributed by atoms with van der Waals surface area (Å²) in [6, 6.07) is 21.1. The molecule has 0 N–H and O–H groups in total. The van der Waals surface area contributed by atoms with Crippen LogP contribution in [0, 0.1) is 35.5 Å². The molecule has 0 spiro atoms. The monoisotopic (exact) mass is 486 g/mol. The molecule has 0 radical (unpaired) electrons. The average molecular weight is 487 g/mol. The molecule has 36 heavy (non-hydrogen) atoms. The Bertz CT molecular complexity index is 967. The summed E-state index contributed by atoms with van der Waals surface area (Å²) in [5.74, 6) is 4.96. The third-order valence-electron chi connectivity index (χ3n) is 9.52. The molecule has 2 nitrogen and oxygen atoms in total. The zero-order valence-electron chi connectivity index (χ0n) is 23.1. The Morgan fingerprint density at radius 3 is 1.64 bits per heavy atom. The van der Waals surface area contributed by atoms with Crippen LogP contribution in [0.3, 0.4) is 0 Å². The van der Waals surface area contributed by atoms with Gasteiger partial charge in [-0.25, -0.2) is 0 Å². The zero-order chi connectivity index (χ0) is 25.8. The lowest BCUT2D eigenvalue weighted by molar-refractivity contribution is 0.0701. The highest BCUT2D eigenvalue weighted by atomic mass is 16.5. The van der Waals surface area contributed by atoms with E-state index in [4.69, 9.17) is 9.47 Å². The van der Waals surface area contributed by atoms with Gasteiger partial charge in [-0.05, 0) is 59.0 Å². The van der Waals surface area contributed by atoms with Gasteiger partial charge in [0.1, 0.15) is 0 Å². The lowest BCUT2D eigenvalue weighted by Gasteiger charge is -2.38. The molecular formula is C34H46O2. The fraction of sp³-hybridized carbons (Fsp3) is 0.529. The van der Waals surface area contributed by atoms with Gasteiger partial charge in [0.15, 0.2) is 0 Å². The summed E-state index contributed by atoms with van der Waals surface area (Å²) in [7, 11) is 0. The van der Waals surface area contributed by atoms with Crippen molar-refractivity contribution in [2.75, 3.05) is 0 Å². The lowest BCUT2D eigenvalue weighted by Crippen LogP contribution is -2.39. The Labute approximate surface area is 219 Å². The van der Waals surface area contributed by atoms with Crippen LogP contribution in [0.5, 0.6) is 0 Å². The van der Waals surface area contributed by atoms with Crippen molar-refractivity contribution < 1.29 is 9.47 Å². The standard InChI is InChI=1S/C18H26O.C8H12O.C8H8/c1-5-15(14-9-7-6-8-10-14)16-13(4)17-11(2)12(3)18(16)19-17;1-5-6(2)8-4-3-7(5)9-8;1-2-8-6-4-3-5-7-8/h6-13,15-18H,5H2,1-4H3;3-8H,1-2H3;2-7H,1H2. The predicted molar refractivity (Wildman–Crippen MR) is 152 cm³/mol. The van der Waals surface area contributed by atoms with Gasteiger partial charge in [-0.3, -0.25) is 0 Å². The smallest absolute Gasteiger partial charge is 0.0794 e. The van der Waals surface area contributed by atoms with Crippen LogP contribution in [0.4, 0.5) is 0 Å². The molecule has 3 fully saturated rings. The Morgan fingerprint density at radius 1 is 0.694 bits per heavy atom. The molecule has 194 valence electrons. The molecule has 6 rings (SSSR count). The molecule has 4 aliphatic rings. The highest BCUT2D eigenvalue weighted by Crippen LogP contribution is 2.54. The molecule has 0 amide bonds. The van der Waals surface area contributed by atoms with Crippen LogP contribution in [0.2, 0.25) is 0 Å². The highest BCUT2D eigenvalue weighted by Gasteiger charge is 2.56. The van der Waals surface area contributed by atoms with Crippen LogP contribution in [-0.4, -0.2) is 24.4 Å². The van der Waals surface area contributed by atoms with Crippen LogP contribution in [-0.2, 0) is 9.47 Å². The molecule has 0 aliphatic carbocycles.